The maximum absolute atomic E-state index is 5.98. The highest BCUT2D eigenvalue weighted by molar-refractivity contribution is 5.48. The SMILES string of the molecule is C=Cc1ccc(COc2ccc(C(C)(C)c3ccc(OCc4ccc(C=C)cc4)cc3)cc2)cc1. The number of rotatable bonds is 10. The largest absolute Gasteiger partial charge is 0.489 e. The predicted molar refractivity (Wildman–Crippen MR) is 147 cm³/mol. The van der Waals surface area contributed by atoms with E-state index in [1.807, 2.05) is 60.7 Å². The zero-order chi connectivity index (χ0) is 24.7. The topological polar surface area (TPSA) is 18.5 Å². The van der Waals surface area contributed by atoms with Crippen molar-refractivity contribution >= 4 is 12.2 Å². The third-order valence-corrected chi connectivity index (χ3v) is 6.39. The fraction of sp³-hybridized carbons (Fsp3) is 0.152. The van der Waals surface area contributed by atoms with E-state index >= 15 is 0 Å². The number of benzene rings is 4. The van der Waals surface area contributed by atoms with E-state index in [-0.39, 0.29) is 5.41 Å². The van der Waals surface area contributed by atoms with E-state index < -0.39 is 0 Å². The molecule has 0 aliphatic heterocycles. The Kier molecular flexibility index (Phi) is 7.52. The van der Waals surface area contributed by atoms with Gasteiger partial charge in [0.2, 0.25) is 0 Å². The first-order chi connectivity index (χ1) is 17.0. The van der Waals surface area contributed by atoms with Crippen molar-refractivity contribution < 1.29 is 9.47 Å². The summed E-state index contributed by atoms with van der Waals surface area (Å²) in [5.74, 6) is 1.73. The second kappa shape index (κ2) is 10.9. The lowest BCUT2D eigenvalue weighted by molar-refractivity contribution is 0.306. The Morgan fingerprint density at radius 1 is 0.543 bits per heavy atom. The van der Waals surface area contributed by atoms with E-state index in [4.69, 9.17) is 9.47 Å². The molecule has 0 amide bonds. The summed E-state index contributed by atoms with van der Waals surface area (Å²) in [6.07, 6.45) is 3.69. The fourth-order valence-electron chi connectivity index (χ4n) is 3.94. The second-order valence-electron chi connectivity index (χ2n) is 9.14. The molecule has 35 heavy (non-hydrogen) atoms. The molecule has 0 saturated heterocycles. The van der Waals surface area contributed by atoms with Crippen molar-refractivity contribution in [1.82, 2.24) is 0 Å². The maximum Gasteiger partial charge on any atom is 0.119 e. The first-order valence-corrected chi connectivity index (χ1v) is 11.9. The van der Waals surface area contributed by atoms with E-state index in [0.29, 0.717) is 13.2 Å². The average Bonchev–Trinajstić information content (AvgIpc) is 2.92. The molecule has 2 nitrogen and oxygen atoms in total. The molecule has 0 atom stereocenters. The third kappa shape index (κ3) is 6.10. The molecular formula is C33H32O2. The van der Waals surface area contributed by atoms with Gasteiger partial charge in [0.25, 0.3) is 0 Å². The Hall–Kier alpha value is -4.04. The number of hydrogen-bond donors (Lipinski definition) is 0. The zero-order valence-electron chi connectivity index (χ0n) is 20.5. The molecule has 0 fully saturated rings. The van der Waals surface area contributed by atoms with Crippen LogP contribution in [0.25, 0.3) is 12.2 Å². The van der Waals surface area contributed by atoms with Gasteiger partial charge in [-0.25, -0.2) is 0 Å². The predicted octanol–water partition coefficient (Wildman–Crippen LogP) is 8.46. The number of hydrogen-bond acceptors (Lipinski definition) is 2. The van der Waals surface area contributed by atoms with Crippen molar-refractivity contribution in [2.24, 2.45) is 0 Å². The van der Waals surface area contributed by atoms with E-state index in [0.717, 1.165) is 33.8 Å². The van der Waals surface area contributed by atoms with Crippen LogP contribution in [-0.4, -0.2) is 0 Å². The summed E-state index contributed by atoms with van der Waals surface area (Å²) in [5.41, 5.74) is 6.81. The van der Waals surface area contributed by atoms with Crippen molar-refractivity contribution in [2.45, 2.75) is 32.5 Å². The highest BCUT2D eigenvalue weighted by atomic mass is 16.5. The summed E-state index contributed by atoms with van der Waals surface area (Å²) in [7, 11) is 0. The van der Waals surface area contributed by atoms with Gasteiger partial charge in [0.05, 0.1) is 0 Å². The molecule has 0 aromatic heterocycles. The van der Waals surface area contributed by atoms with Crippen molar-refractivity contribution in [2.75, 3.05) is 0 Å². The molecule has 2 heteroatoms. The minimum Gasteiger partial charge on any atom is -0.489 e. The zero-order valence-corrected chi connectivity index (χ0v) is 20.5. The van der Waals surface area contributed by atoms with Crippen LogP contribution >= 0.6 is 0 Å². The molecule has 4 aromatic rings. The van der Waals surface area contributed by atoms with Crippen LogP contribution < -0.4 is 9.47 Å². The summed E-state index contributed by atoms with van der Waals surface area (Å²) >= 11 is 0. The summed E-state index contributed by atoms with van der Waals surface area (Å²) in [6, 6.07) is 33.2. The van der Waals surface area contributed by atoms with Crippen LogP contribution in [0.5, 0.6) is 11.5 Å². The Labute approximate surface area is 209 Å². The molecule has 0 saturated carbocycles. The van der Waals surface area contributed by atoms with Gasteiger partial charge in [0.15, 0.2) is 0 Å². The lowest BCUT2D eigenvalue weighted by Crippen LogP contribution is -2.18. The van der Waals surface area contributed by atoms with Gasteiger partial charge in [0.1, 0.15) is 24.7 Å². The lowest BCUT2D eigenvalue weighted by Gasteiger charge is -2.26. The van der Waals surface area contributed by atoms with E-state index in [2.05, 4.69) is 75.5 Å². The molecule has 4 rings (SSSR count). The maximum atomic E-state index is 5.98. The standard InChI is InChI=1S/C33H32O2/c1-5-25-7-11-27(12-8-25)23-34-31-19-15-29(16-20-31)33(3,4)30-17-21-32(22-18-30)35-24-28-13-9-26(6-2)10-14-28/h5-22H,1-2,23-24H2,3-4H3. The van der Waals surface area contributed by atoms with Gasteiger partial charge in [0, 0.05) is 5.41 Å². The molecule has 4 aromatic carbocycles. The van der Waals surface area contributed by atoms with Crippen molar-refractivity contribution in [3.63, 3.8) is 0 Å². The molecule has 0 spiro atoms. The highest BCUT2D eigenvalue weighted by Crippen LogP contribution is 2.33. The molecule has 0 unspecified atom stereocenters. The van der Waals surface area contributed by atoms with E-state index in [1.165, 1.54) is 11.1 Å². The number of ether oxygens (including phenoxy) is 2. The van der Waals surface area contributed by atoms with Crippen LogP contribution in [-0.2, 0) is 18.6 Å². The lowest BCUT2D eigenvalue weighted by atomic mass is 9.78. The normalized spacial score (nSPS) is 11.0. The van der Waals surface area contributed by atoms with E-state index in [1.54, 1.807) is 0 Å². The Balaban J connectivity index is 1.36. The molecule has 0 bridgehead atoms. The second-order valence-corrected chi connectivity index (χ2v) is 9.14. The van der Waals surface area contributed by atoms with Gasteiger partial charge in [-0.2, -0.15) is 0 Å². The first kappa shape index (κ1) is 24.1. The van der Waals surface area contributed by atoms with Gasteiger partial charge in [-0.15, -0.1) is 0 Å². The molecular weight excluding hydrogens is 428 g/mol. The van der Waals surface area contributed by atoms with Gasteiger partial charge >= 0.3 is 0 Å². The highest BCUT2D eigenvalue weighted by Gasteiger charge is 2.23. The minimum absolute atomic E-state index is 0.141. The Morgan fingerprint density at radius 3 is 1.20 bits per heavy atom. The van der Waals surface area contributed by atoms with Crippen LogP contribution in [0.4, 0.5) is 0 Å². The van der Waals surface area contributed by atoms with Gasteiger partial charge < -0.3 is 9.47 Å². The molecule has 0 N–H and O–H groups in total. The summed E-state index contributed by atoms with van der Waals surface area (Å²) < 4.78 is 12.0. The Morgan fingerprint density at radius 2 is 0.886 bits per heavy atom. The summed E-state index contributed by atoms with van der Waals surface area (Å²) in [5, 5.41) is 0. The first-order valence-electron chi connectivity index (χ1n) is 11.9. The van der Waals surface area contributed by atoms with Crippen molar-refractivity contribution in [3.05, 3.63) is 144 Å². The van der Waals surface area contributed by atoms with Crippen molar-refractivity contribution in [3.8, 4) is 11.5 Å². The molecule has 0 aliphatic rings. The summed E-state index contributed by atoms with van der Waals surface area (Å²) in [4.78, 5) is 0. The summed E-state index contributed by atoms with van der Waals surface area (Å²) in [6.45, 7) is 13.1. The van der Waals surface area contributed by atoms with E-state index in [9.17, 15) is 0 Å². The Bertz CT molecular complexity index is 1150. The van der Waals surface area contributed by atoms with Crippen LogP contribution in [0, 0.1) is 0 Å². The molecule has 0 radical (unpaired) electrons. The van der Waals surface area contributed by atoms with Crippen LogP contribution in [0.15, 0.2) is 110 Å². The van der Waals surface area contributed by atoms with Crippen LogP contribution in [0.2, 0.25) is 0 Å². The quantitative estimate of drug-likeness (QED) is 0.236. The van der Waals surface area contributed by atoms with Gasteiger partial charge in [-0.1, -0.05) is 112 Å². The van der Waals surface area contributed by atoms with Gasteiger partial charge in [-0.3, -0.25) is 0 Å². The van der Waals surface area contributed by atoms with Crippen molar-refractivity contribution in [1.29, 1.82) is 0 Å². The smallest absolute Gasteiger partial charge is 0.119 e. The molecule has 0 aliphatic carbocycles. The van der Waals surface area contributed by atoms with Gasteiger partial charge in [-0.05, 0) is 57.6 Å². The fourth-order valence-corrected chi connectivity index (χ4v) is 3.94. The molecule has 176 valence electrons. The van der Waals surface area contributed by atoms with Crippen LogP contribution in [0.3, 0.4) is 0 Å². The monoisotopic (exact) mass is 460 g/mol. The van der Waals surface area contributed by atoms with Crippen LogP contribution in [0.1, 0.15) is 47.2 Å². The minimum atomic E-state index is -0.141. The third-order valence-electron chi connectivity index (χ3n) is 6.39. The molecule has 0 heterocycles. The average molecular weight is 461 g/mol.